The number of hydrogen-bond donors (Lipinski definition) is 2. The van der Waals surface area contributed by atoms with Crippen LogP contribution in [-0.4, -0.2) is 38.0 Å². The fourth-order valence-electron chi connectivity index (χ4n) is 3.16. The maximum Gasteiger partial charge on any atom is 0.414 e. The van der Waals surface area contributed by atoms with Crippen molar-refractivity contribution in [2.24, 2.45) is 10.9 Å². The molecule has 0 fully saturated rings. The summed E-state index contributed by atoms with van der Waals surface area (Å²) < 4.78 is 5.79. The van der Waals surface area contributed by atoms with Gasteiger partial charge in [-0.3, -0.25) is 4.79 Å². The summed E-state index contributed by atoms with van der Waals surface area (Å²) >= 11 is 5.08. The highest BCUT2D eigenvalue weighted by molar-refractivity contribution is 7.80. The van der Waals surface area contributed by atoms with Crippen molar-refractivity contribution in [3.8, 4) is 5.75 Å². The van der Waals surface area contributed by atoms with Crippen LogP contribution in [0.3, 0.4) is 0 Å². The van der Waals surface area contributed by atoms with E-state index in [2.05, 4.69) is 4.99 Å². The normalized spacial score (nSPS) is 19.1. The van der Waals surface area contributed by atoms with Gasteiger partial charge in [0.1, 0.15) is 18.3 Å². The molecule has 2 atom stereocenters. The van der Waals surface area contributed by atoms with Gasteiger partial charge < -0.3 is 14.9 Å². The Kier molecular flexibility index (Phi) is 5.70. The molecule has 2 unspecified atom stereocenters. The highest BCUT2D eigenvalue weighted by Gasteiger charge is 2.43. The monoisotopic (exact) mass is 398 g/mol. The summed E-state index contributed by atoms with van der Waals surface area (Å²) in [6.07, 6.45) is -1.35. The van der Waals surface area contributed by atoms with Gasteiger partial charge >= 0.3 is 12.1 Å². The first-order valence-corrected chi connectivity index (χ1v) is 8.90. The van der Waals surface area contributed by atoms with Gasteiger partial charge in [0.2, 0.25) is 5.11 Å². The smallest absolute Gasteiger partial charge is 0.414 e. The van der Waals surface area contributed by atoms with Crippen molar-refractivity contribution in [2.75, 3.05) is 0 Å². The fourth-order valence-corrected chi connectivity index (χ4v) is 3.49. The first-order valence-electron chi connectivity index (χ1n) is 8.49. The third-order valence-corrected chi connectivity index (χ3v) is 4.73. The second-order valence-electron chi connectivity index (χ2n) is 6.30. The first-order chi connectivity index (χ1) is 13.4. The Balaban J connectivity index is 1.94. The predicted octanol–water partition coefficient (Wildman–Crippen LogP) is 3.75. The lowest BCUT2D eigenvalue weighted by Gasteiger charge is -2.36. The summed E-state index contributed by atoms with van der Waals surface area (Å²) in [5, 5.41) is 19.1. The van der Waals surface area contributed by atoms with E-state index in [0.29, 0.717) is 17.9 Å². The molecule has 0 bridgehead atoms. The fraction of sp³-hybridized carbons (Fsp3) is 0.200. The van der Waals surface area contributed by atoms with Crippen molar-refractivity contribution < 1.29 is 24.5 Å². The SMILES string of the molecule is CC1=NC(=S)N(C(=O)O)C(c2cccc(OCc3ccccc3)c2)C1C(=O)O. The summed E-state index contributed by atoms with van der Waals surface area (Å²) in [6.45, 7) is 1.87. The van der Waals surface area contributed by atoms with Gasteiger partial charge in [0.15, 0.2) is 0 Å². The number of carbonyl (C=O) groups is 2. The lowest BCUT2D eigenvalue weighted by molar-refractivity contribution is -0.140. The van der Waals surface area contributed by atoms with Crippen LogP contribution in [0.15, 0.2) is 59.6 Å². The Morgan fingerprint density at radius 2 is 1.86 bits per heavy atom. The van der Waals surface area contributed by atoms with Crippen LogP contribution in [0.5, 0.6) is 5.75 Å². The average molecular weight is 398 g/mol. The molecule has 28 heavy (non-hydrogen) atoms. The number of amides is 1. The Labute approximate surface area is 166 Å². The van der Waals surface area contributed by atoms with E-state index in [1.165, 1.54) is 6.92 Å². The minimum atomic E-state index is -1.35. The second kappa shape index (κ2) is 8.18. The number of thiocarbonyl (C=S) groups is 1. The van der Waals surface area contributed by atoms with E-state index in [4.69, 9.17) is 17.0 Å². The lowest BCUT2D eigenvalue weighted by atomic mass is 9.87. The molecule has 8 heteroatoms. The summed E-state index contributed by atoms with van der Waals surface area (Å²) in [6, 6.07) is 15.3. The molecular formula is C20H18N2O5S. The number of aliphatic carboxylic acids is 1. The Bertz CT molecular complexity index is 945. The number of benzene rings is 2. The van der Waals surface area contributed by atoms with Gasteiger partial charge in [-0.1, -0.05) is 42.5 Å². The van der Waals surface area contributed by atoms with Crippen LogP contribution in [0.2, 0.25) is 0 Å². The van der Waals surface area contributed by atoms with Gasteiger partial charge in [-0.25, -0.2) is 14.7 Å². The topological polar surface area (TPSA) is 99.4 Å². The van der Waals surface area contributed by atoms with Gasteiger partial charge in [0, 0.05) is 5.71 Å². The largest absolute Gasteiger partial charge is 0.489 e. The Morgan fingerprint density at radius 1 is 1.14 bits per heavy atom. The van der Waals surface area contributed by atoms with Crippen LogP contribution < -0.4 is 4.74 Å². The second-order valence-corrected chi connectivity index (χ2v) is 6.66. The van der Waals surface area contributed by atoms with E-state index in [1.807, 2.05) is 30.3 Å². The molecule has 2 aromatic carbocycles. The van der Waals surface area contributed by atoms with E-state index in [9.17, 15) is 19.8 Å². The highest BCUT2D eigenvalue weighted by atomic mass is 32.1. The van der Waals surface area contributed by atoms with Gasteiger partial charge in [0.05, 0.1) is 6.04 Å². The standard InChI is InChI=1S/C20H18N2O5S/c1-12-16(18(23)24)17(22(20(25)26)19(28)21-12)14-8-5-9-15(10-14)27-11-13-6-3-2-4-7-13/h2-10,16-17H,11H2,1H3,(H,23,24)(H,25,26). The van der Waals surface area contributed by atoms with Crippen LogP contribution in [0.1, 0.15) is 24.1 Å². The molecule has 1 aliphatic rings. The van der Waals surface area contributed by atoms with Crippen molar-refractivity contribution in [1.29, 1.82) is 0 Å². The molecule has 7 nitrogen and oxygen atoms in total. The molecule has 1 amide bonds. The van der Waals surface area contributed by atoms with Crippen molar-refractivity contribution in [1.82, 2.24) is 4.90 Å². The van der Waals surface area contributed by atoms with Gasteiger partial charge in [-0.05, 0) is 42.4 Å². The molecular weight excluding hydrogens is 380 g/mol. The molecule has 0 spiro atoms. The molecule has 0 saturated heterocycles. The zero-order chi connectivity index (χ0) is 20.3. The number of carboxylic acids is 1. The molecule has 0 saturated carbocycles. The summed E-state index contributed by atoms with van der Waals surface area (Å²) in [4.78, 5) is 28.4. The first kappa shape index (κ1) is 19.5. The molecule has 2 N–H and O–H groups in total. The lowest BCUT2D eigenvalue weighted by Crippen LogP contribution is -2.48. The van der Waals surface area contributed by atoms with Crippen molar-refractivity contribution in [3.63, 3.8) is 0 Å². The highest BCUT2D eigenvalue weighted by Crippen LogP contribution is 2.36. The minimum Gasteiger partial charge on any atom is -0.489 e. The number of hydrogen-bond acceptors (Lipinski definition) is 4. The zero-order valence-electron chi connectivity index (χ0n) is 15.0. The number of ether oxygens (including phenoxy) is 1. The number of carboxylic acid groups (broad SMARTS) is 2. The van der Waals surface area contributed by atoms with Gasteiger partial charge in [-0.2, -0.15) is 0 Å². The summed E-state index contributed by atoms with van der Waals surface area (Å²) in [5.74, 6) is -1.82. The van der Waals surface area contributed by atoms with E-state index >= 15 is 0 Å². The average Bonchev–Trinajstić information content (AvgIpc) is 2.66. The molecule has 0 radical (unpaired) electrons. The molecule has 3 rings (SSSR count). The van der Waals surface area contributed by atoms with Crippen LogP contribution in [0.4, 0.5) is 4.79 Å². The Morgan fingerprint density at radius 3 is 2.50 bits per heavy atom. The predicted molar refractivity (Wildman–Crippen MR) is 107 cm³/mol. The quantitative estimate of drug-likeness (QED) is 0.744. The van der Waals surface area contributed by atoms with Gasteiger partial charge in [0.25, 0.3) is 0 Å². The van der Waals surface area contributed by atoms with E-state index in [0.717, 1.165) is 10.5 Å². The number of aliphatic imine (C=N–C) groups is 1. The van der Waals surface area contributed by atoms with E-state index in [-0.39, 0.29) is 10.8 Å². The molecule has 144 valence electrons. The Hall–Kier alpha value is -3.26. The van der Waals surface area contributed by atoms with Crippen LogP contribution >= 0.6 is 12.2 Å². The van der Waals surface area contributed by atoms with Crippen molar-refractivity contribution in [3.05, 3.63) is 65.7 Å². The van der Waals surface area contributed by atoms with Crippen LogP contribution in [0.25, 0.3) is 0 Å². The van der Waals surface area contributed by atoms with E-state index < -0.39 is 24.0 Å². The molecule has 0 aromatic heterocycles. The van der Waals surface area contributed by atoms with Crippen LogP contribution in [0, 0.1) is 5.92 Å². The summed E-state index contributed by atoms with van der Waals surface area (Å²) in [7, 11) is 0. The minimum absolute atomic E-state index is 0.178. The maximum atomic E-state index is 11.8. The number of rotatable bonds is 5. The van der Waals surface area contributed by atoms with Crippen molar-refractivity contribution in [2.45, 2.75) is 19.6 Å². The molecule has 1 heterocycles. The van der Waals surface area contributed by atoms with Crippen molar-refractivity contribution >= 4 is 35.1 Å². The third kappa shape index (κ3) is 4.01. The molecule has 0 aliphatic carbocycles. The van der Waals surface area contributed by atoms with E-state index in [1.54, 1.807) is 24.3 Å². The zero-order valence-corrected chi connectivity index (χ0v) is 15.8. The molecule has 2 aromatic rings. The third-order valence-electron chi connectivity index (χ3n) is 4.44. The number of nitrogens with zero attached hydrogens (tertiary/aromatic N) is 2. The van der Waals surface area contributed by atoms with Gasteiger partial charge in [-0.15, -0.1) is 0 Å². The van der Waals surface area contributed by atoms with Crippen LogP contribution in [-0.2, 0) is 11.4 Å². The molecule has 1 aliphatic heterocycles. The maximum absolute atomic E-state index is 11.8. The summed E-state index contributed by atoms with van der Waals surface area (Å²) in [5.41, 5.74) is 1.71.